The lowest BCUT2D eigenvalue weighted by Gasteiger charge is -2.19. The molecule has 0 radical (unpaired) electrons. The van der Waals surface area contributed by atoms with Crippen LogP contribution in [0.2, 0.25) is 0 Å². The molecule has 2 aromatic rings. The number of alkyl halides is 1. The monoisotopic (exact) mass is 295 g/mol. The molecule has 0 aliphatic rings. The number of thiophene rings is 1. The van der Waals surface area contributed by atoms with Gasteiger partial charge in [-0.3, -0.25) is 0 Å². The molecular formula is C16H22ClNS. The van der Waals surface area contributed by atoms with Gasteiger partial charge in [0.15, 0.2) is 0 Å². The molecule has 0 fully saturated rings. The van der Waals surface area contributed by atoms with Crippen molar-refractivity contribution in [2.75, 3.05) is 6.54 Å². The summed E-state index contributed by atoms with van der Waals surface area (Å²) in [5.74, 6) is 0.619. The molecule has 19 heavy (non-hydrogen) atoms. The van der Waals surface area contributed by atoms with Crippen LogP contribution in [0.3, 0.4) is 0 Å². The summed E-state index contributed by atoms with van der Waals surface area (Å²) in [5.41, 5.74) is 1.38. The zero-order valence-electron chi connectivity index (χ0n) is 11.7. The molecular weight excluding hydrogens is 274 g/mol. The van der Waals surface area contributed by atoms with Crippen molar-refractivity contribution in [2.24, 2.45) is 5.92 Å². The minimum absolute atomic E-state index is 0.236. The van der Waals surface area contributed by atoms with Crippen LogP contribution in [0, 0.1) is 5.92 Å². The van der Waals surface area contributed by atoms with E-state index in [1.807, 2.05) is 11.3 Å². The van der Waals surface area contributed by atoms with E-state index in [9.17, 15) is 0 Å². The summed E-state index contributed by atoms with van der Waals surface area (Å²) in [7, 11) is 0. The van der Waals surface area contributed by atoms with Gasteiger partial charge in [0.05, 0.1) is 0 Å². The molecule has 0 bridgehead atoms. The smallest absolute Gasteiger partial charge is 0.0488 e. The van der Waals surface area contributed by atoms with Gasteiger partial charge in [0.2, 0.25) is 0 Å². The first-order chi connectivity index (χ1) is 9.26. The molecule has 1 nitrogen and oxygen atoms in total. The first-order valence-electron chi connectivity index (χ1n) is 7.06. The predicted octanol–water partition coefficient (Wildman–Crippen LogP) is 5.03. The lowest BCUT2D eigenvalue weighted by atomic mass is 9.99. The van der Waals surface area contributed by atoms with Crippen LogP contribution in [0.1, 0.15) is 32.3 Å². The van der Waals surface area contributed by atoms with Crippen molar-refractivity contribution in [2.45, 2.75) is 38.6 Å². The summed E-state index contributed by atoms with van der Waals surface area (Å²) in [6, 6.07) is 8.57. The lowest BCUT2D eigenvalue weighted by molar-refractivity contribution is 0.446. The van der Waals surface area contributed by atoms with Gasteiger partial charge in [-0.2, -0.15) is 0 Å². The van der Waals surface area contributed by atoms with E-state index in [-0.39, 0.29) is 5.38 Å². The highest BCUT2D eigenvalue weighted by Gasteiger charge is 2.15. The van der Waals surface area contributed by atoms with E-state index in [1.54, 1.807) is 0 Å². The average Bonchev–Trinajstić information content (AvgIpc) is 2.84. The molecule has 0 spiro atoms. The predicted molar refractivity (Wildman–Crippen MR) is 87.2 cm³/mol. The molecule has 0 aliphatic heterocycles. The third kappa shape index (κ3) is 3.71. The van der Waals surface area contributed by atoms with Crippen LogP contribution in [-0.4, -0.2) is 11.9 Å². The van der Waals surface area contributed by atoms with Gasteiger partial charge in [0.1, 0.15) is 0 Å². The molecule has 1 heterocycles. The summed E-state index contributed by atoms with van der Waals surface area (Å²) in [5, 5.41) is 7.36. The summed E-state index contributed by atoms with van der Waals surface area (Å²) in [6.07, 6.45) is 2.32. The van der Waals surface area contributed by atoms with E-state index < -0.39 is 0 Å². The molecule has 104 valence electrons. The highest BCUT2D eigenvalue weighted by atomic mass is 35.5. The Hall–Kier alpha value is -0.570. The standard InChI is InChI=1S/C16H22ClNS/c1-3-12(4-2)15(17)10-18-9-13-11-19-16-8-6-5-7-14(13)16/h5-8,11-12,15,18H,3-4,9-10H2,1-2H3. The number of hydrogen-bond acceptors (Lipinski definition) is 2. The number of rotatable bonds is 7. The zero-order valence-corrected chi connectivity index (χ0v) is 13.2. The fourth-order valence-electron chi connectivity index (χ4n) is 2.48. The Labute approximate surface area is 125 Å². The van der Waals surface area contributed by atoms with Gasteiger partial charge in [-0.15, -0.1) is 22.9 Å². The zero-order chi connectivity index (χ0) is 13.7. The summed E-state index contributed by atoms with van der Waals surface area (Å²) in [4.78, 5) is 0. The topological polar surface area (TPSA) is 12.0 Å². The molecule has 0 saturated carbocycles. The van der Waals surface area contributed by atoms with Crippen molar-refractivity contribution in [3.63, 3.8) is 0 Å². The van der Waals surface area contributed by atoms with Crippen LogP contribution in [0.4, 0.5) is 0 Å². The fourth-order valence-corrected chi connectivity index (χ4v) is 3.91. The maximum atomic E-state index is 6.45. The number of halogens is 1. The fraction of sp³-hybridized carbons (Fsp3) is 0.500. The highest BCUT2D eigenvalue weighted by molar-refractivity contribution is 7.17. The Bertz CT molecular complexity index is 504. The van der Waals surface area contributed by atoms with Crippen molar-refractivity contribution < 1.29 is 0 Å². The lowest BCUT2D eigenvalue weighted by Crippen LogP contribution is -2.28. The Balaban J connectivity index is 1.89. The van der Waals surface area contributed by atoms with Crippen molar-refractivity contribution in [3.05, 3.63) is 35.2 Å². The van der Waals surface area contributed by atoms with Gasteiger partial charge in [-0.1, -0.05) is 44.9 Å². The molecule has 0 saturated heterocycles. The van der Waals surface area contributed by atoms with E-state index in [2.05, 4.69) is 48.8 Å². The van der Waals surface area contributed by atoms with Crippen molar-refractivity contribution in [1.82, 2.24) is 5.32 Å². The molecule has 0 aliphatic carbocycles. The Morgan fingerprint density at radius 2 is 1.95 bits per heavy atom. The number of fused-ring (bicyclic) bond motifs is 1. The largest absolute Gasteiger partial charge is 0.311 e. The molecule has 0 amide bonds. The SMILES string of the molecule is CCC(CC)C(Cl)CNCc1csc2ccccc12. The first-order valence-corrected chi connectivity index (χ1v) is 8.37. The normalized spacial score (nSPS) is 13.3. The first kappa shape index (κ1) is 14.8. The second-order valence-corrected chi connectivity index (χ2v) is 6.45. The number of nitrogens with one attached hydrogen (secondary N) is 1. The Morgan fingerprint density at radius 1 is 1.21 bits per heavy atom. The molecule has 1 atom stereocenters. The quantitative estimate of drug-likeness (QED) is 0.706. The van der Waals surface area contributed by atoms with E-state index in [1.165, 1.54) is 15.6 Å². The third-order valence-corrected chi connectivity index (χ3v) is 5.30. The van der Waals surface area contributed by atoms with E-state index in [4.69, 9.17) is 11.6 Å². The molecule has 1 unspecified atom stereocenters. The minimum atomic E-state index is 0.236. The van der Waals surface area contributed by atoms with Crippen molar-refractivity contribution >= 4 is 33.0 Å². The van der Waals surface area contributed by atoms with Crippen LogP contribution in [-0.2, 0) is 6.54 Å². The number of hydrogen-bond donors (Lipinski definition) is 1. The van der Waals surface area contributed by atoms with E-state index >= 15 is 0 Å². The second-order valence-electron chi connectivity index (χ2n) is 4.98. The van der Waals surface area contributed by atoms with Gasteiger partial charge in [0.25, 0.3) is 0 Å². The Kier molecular flexibility index (Phi) is 5.68. The van der Waals surface area contributed by atoms with Gasteiger partial charge >= 0.3 is 0 Å². The van der Waals surface area contributed by atoms with Gasteiger partial charge in [-0.05, 0) is 28.3 Å². The summed E-state index contributed by atoms with van der Waals surface area (Å²) in [6.45, 7) is 6.23. The van der Waals surface area contributed by atoms with Gasteiger partial charge in [0, 0.05) is 23.2 Å². The van der Waals surface area contributed by atoms with Gasteiger partial charge in [-0.25, -0.2) is 0 Å². The van der Waals surface area contributed by atoms with Gasteiger partial charge < -0.3 is 5.32 Å². The van der Waals surface area contributed by atoms with Crippen LogP contribution in [0.15, 0.2) is 29.6 Å². The third-order valence-electron chi connectivity index (χ3n) is 3.78. The Morgan fingerprint density at radius 3 is 2.68 bits per heavy atom. The van der Waals surface area contributed by atoms with E-state index in [0.717, 1.165) is 25.9 Å². The van der Waals surface area contributed by atoms with Crippen LogP contribution in [0.5, 0.6) is 0 Å². The number of benzene rings is 1. The molecule has 1 N–H and O–H groups in total. The van der Waals surface area contributed by atoms with Crippen LogP contribution >= 0.6 is 22.9 Å². The van der Waals surface area contributed by atoms with Crippen molar-refractivity contribution in [3.8, 4) is 0 Å². The molecule has 1 aromatic carbocycles. The van der Waals surface area contributed by atoms with E-state index in [0.29, 0.717) is 5.92 Å². The molecule has 1 aromatic heterocycles. The maximum absolute atomic E-state index is 6.45. The minimum Gasteiger partial charge on any atom is -0.311 e. The second kappa shape index (κ2) is 7.28. The van der Waals surface area contributed by atoms with Crippen LogP contribution in [0.25, 0.3) is 10.1 Å². The van der Waals surface area contributed by atoms with Crippen LogP contribution < -0.4 is 5.32 Å². The molecule has 3 heteroatoms. The maximum Gasteiger partial charge on any atom is 0.0488 e. The van der Waals surface area contributed by atoms with Crippen molar-refractivity contribution in [1.29, 1.82) is 0 Å². The average molecular weight is 296 g/mol. The summed E-state index contributed by atoms with van der Waals surface area (Å²) >= 11 is 8.26. The summed E-state index contributed by atoms with van der Waals surface area (Å²) < 4.78 is 1.36. The molecule has 2 rings (SSSR count). The highest BCUT2D eigenvalue weighted by Crippen LogP contribution is 2.25.